The number of nitrogens with zero attached hydrogens (tertiary/aromatic N) is 2. The van der Waals surface area contributed by atoms with Gasteiger partial charge in [0.2, 0.25) is 0 Å². The van der Waals surface area contributed by atoms with Gasteiger partial charge in [0.05, 0.1) is 5.69 Å². The highest BCUT2D eigenvalue weighted by atomic mass is 15.2. The second kappa shape index (κ2) is 5.25. The van der Waals surface area contributed by atoms with Crippen LogP contribution in [0.1, 0.15) is 44.2 Å². The summed E-state index contributed by atoms with van der Waals surface area (Å²) in [5, 5.41) is 11.8. The Morgan fingerprint density at radius 2 is 2.25 bits per heavy atom. The van der Waals surface area contributed by atoms with E-state index in [1.165, 1.54) is 19.3 Å². The molecule has 1 aliphatic rings. The molecule has 0 spiro atoms. The minimum atomic E-state index is 0.355. The van der Waals surface area contributed by atoms with Crippen molar-refractivity contribution in [2.75, 3.05) is 11.9 Å². The van der Waals surface area contributed by atoms with Crippen LogP contribution < -0.4 is 11.1 Å². The Labute approximate surface area is 96.6 Å². The molecule has 2 rings (SSSR count). The summed E-state index contributed by atoms with van der Waals surface area (Å²) in [7, 11) is 0. The van der Waals surface area contributed by atoms with E-state index in [4.69, 9.17) is 5.73 Å². The van der Waals surface area contributed by atoms with Crippen LogP contribution >= 0.6 is 0 Å². The molecule has 1 unspecified atom stereocenters. The van der Waals surface area contributed by atoms with Crippen molar-refractivity contribution in [1.82, 2.24) is 10.2 Å². The fourth-order valence-electron chi connectivity index (χ4n) is 1.92. The first-order valence-corrected chi connectivity index (χ1v) is 6.10. The number of hydrogen-bond acceptors (Lipinski definition) is 4. The van der Waals surface area contributed by atoms with Crippen molar-refractivity contribution >= 4 is 5.82 Å². The van der Waals surface area contributed by atoms with Gasteiger partial charge in [-0.3, -0.25) is 0 Å². The van der Waals surface area contributed by atoms with Crippen molar-refractivity contribution in [3.8, 4) is 0 Å². The van der Waals surface area contributed by atoms with Gasteiger partial charge in [0.25, 0.3) is 0 Å². The maximum absolute atomic E-state index is 5.50. The van der Waals surface area contributed by atoms with E-state index in [0.29, 0.717) is 18.5 Å². The summed E-state index contributed by atoms with van der Waals surface area (Å²) in [6.07, 6.45) is 4.82. The zero-order valence-electron chi connectivity index (χ0n) is 9.82. The van der Waals surface area contributed by atoms with Crippen LogP contribution in [0.2, 0.25) is 0 Å². The van der Waals surface area contributed by atoms with Crippen LogP contribution in [0.4, 0.5) is 5.82 Å². The van der Waals surface area contributed by atoms with Crippen LogP contribution in [-0.4, -0.2) is 22.8 Å². The summed E-state index contributed by atoms with van der Waals surface area (Å²) in [5.41, 5.74) is 6.64. The molecule has 1 aromatic heterocycles. The number of nitrogens with one attached hydrogen (secondary N) is 1. The zero-order chi connectivity index (χ0) is 11.4. The zero-order valence-corrected chi connectivity index (χ0v) is 9.82. The Morgan fingerprint density at radius 1 is 1.44 bits per heavy atom. The Morgan fingerprint density at radius 3 is 2.75 bits per heavy atom. The number of rotatable bonds is 5. The fourth-order valence-corrected chi connectivity index (χ4v) is 1.92. The first kappa shape index (κ1) is 11.3. The standard InChI is InChI=1S/C12H20N4/c1-9(7-8-13)14-12-6-5-11(15-16-12)10-3-2-4-10/h5-6,9-10H,2-4,7-8,13H2,1H3,(H,14,16). The molecule has 4 nitrogen and oxygen atoms in total. The highest BCUT2D eigenvalue weighted by Crippen LogP contribution is 2.34. The minimum Gasteiger partial charge on any atom is -0.366 e. The van der Waals surface area contributed by atoms with Gasteiger partial charge in [-0.1, -0.05) is 6.42 Å². The van der Waals surface area contributed by atoms with Crippen molar-refractivity contribution in [2.24, 2.45) is 5.73 Å². The highest BCUT2D eigenvalue weighted by molar-refractivity contribution is 5.34. The average Bonchev–Trinajstić information content (AvgIpc) is 2.18. The van der Waals surface area contributed by atoms with Crippen molar-refractivity contribution in [1.29, 1.82) is 0 Å². The number of nitrogens with two attached hydrogens (primary N) is 1. The van der Waals surface area contributed by atoms with Crippen LogP contribution in [0.5, 0.6) is 0 Å². The third-order valence-electron chi connectivity index (χ3n) is 3.20. The summed E-state index contributed by atoms with van der Waals surface area (Å²) >= 11 is 0. The molecule has 3 N–H and O–H groups in total. The predicted octanol–water partition coefficient (Wildman–Crippen LogP) is 1.89. The molecule has 4 heteroatoms. The van der Waals surface area contributed by atoms with Crippen molar-refractivity contribution in [2.45, 2.75) is 44.6 Å². The predicted molar refractivity (Wildman–Crippen MR) is 65.4 cm³/mol. The van der Waals surface area contributed by atoms with Gasteiger partial charge in [-0.15, -0.1) is 5.10 Å². The molecule has 16 heavy (non-hydrogen) atoms. The van der Waals surface area contributed by atoms with E-state index < -0.39 is 0 Å². The summed E-state index contributed by atoms with van der Waals surface area (Å²) < 4.78 is 0. The lowest BCUT2D eigenvalue weighted by Gasteiger charge is -2.24. The Hall–Kier alpha value is -1.16. The van der Waals surface area contributed by atoms with Crippen LogP contribution in [0.3, 0.4) is 0 Å². The lowest BCUT2D eigenvalue weighted by molar-refractivity contribution is 0.408. The largest absolute Gasteiger partial charge is 0.366 e. The smallest absolute Gasteiger partial charge is 0.148 e. The molecule has 1 heterocycles. The molecule has 0 amide bonds. The van der Waals surface area contributed by atoms with Gasteiger partial charge in [0.15, 0.2) is 0 Å². The monoisotopic (exact) mass is 220 g/mol. The third kappa shape index (κ3) is 2.70. The summed E-state index contributed by atoms with van der Waals surface area (Å²) in [6.45, 7) is 2.80. The van der Waals surface area contributed by atoms with Gasteiger partial charge in [0.1, 0.15) is 5.82 Å². The molecule has 0 bridgehead atoms. The molecule has 1 aliphatic carbocycles. The molecule has 0 aromatic carbocycles. The average molecular weight is 220 g/mol. The van der Waals surface area contributed by atoms with Crippen LogP contribution in [0.25, 0.3) is 0 Å². The summed E-state index contributed by atoms with van der Waals surface area (Å²) in [4.78, 5) is 0. The second-order valence-electron chi connectivity index (χ2n) is 4.59. The number of aromatic nitrogens is 2. The van der Waals surface area contributed by atoms with Gasteiger partial charge in [-0.05, 0) is 44.9 Å². The van der Waals surface area contributed by atoms with Crippen molar-refractivity contribution in [3.63, 3.8) is 0 Å². The van der Waals surface area contributed by atoms with Gasteiger partial charge in [-0.25, -0.2) is 0 Å². The normalized spacial score (nSPS) is 17.9. The van der Waals surface area contributed by atoms with Gasteiger partial charge in [-0.2, -0.15) is 5.10 Å². The molecule has 0 aliphatic heterocycles. The minimum absolute atomic E-state index is 0.355. The quantitative estimate of drug-likeness (QED) is 0.795. The first-order chi connectivity index (χ1) is 7.79. The van der Waals surface area contributed by atoms with Gasteiger partial charge >= 0.3 is 0 Å². The molecule has 0 saturated heterocycles. The fraction of sp³-hybridized carbons (Fsp3) is 0.667. The first-order valence-electron chi connectivity index (χ1n) is 6.10. The Balaban J connectivity index is 1.91. The molecule has 1 atom stereocenters. The Bertz CT molecular complexity index is 318. The van der Waals surface area contributed by atoms with E-state index in [1.54, 1.807) is 0 Å². The maximum atomic E-state index is 5.50. The van der Waals surface area contributed by atoms with E-state index in [-0.39, 0.29) is 0 Å². The maximum Gasteiger partial charge on any atom is 0.148 e. The molecule has 1 fully saturated rings. The lowest BCUT2D eigenvalue weighted by atomic mass is 9.83. The molecular formula is C12H20N4. The number of anilines is 1. The number of hydrogen-bond donors (Lipinski definition) is 2. The molecule has 0 radical (unpaired) electrons. The van der Waals surface area contributed by atoms with Crippen molar-refractivity contribution < 1.29 is 0 Å². The Kier molecular flexibility index (Phi) is 3.72. The van der Waals surface area contributed by atoms with E-state index in [0.717, 1.165) is 17.9 Å². The van der Waals surface area contributed by atoms with Crippen LogP contribution in [-0.2, 0) is 0 Å². The highest BCUT2D eigenvalue weighted by Gasteiger charge is 2.20. The third-order valence-corrected chi connectivity index (χ3v) is 3.20. The molecule has 1 saturated carbocycles. The SMILES string of the molecule is CC(CCN)Nc1ccc(C2CCC2)nn1. The molecule has 1 aromatic rings. The molecule has 88 valence electrons. The van der Waals surface area contributed by atoms with Gasteiger partial charge < -0.3 is 11.1 Å². The van der Waals surface area contributed by atoms with Crippen molar-refractivity contribution in [3.05, 3.63) is 17.8 Å². The molecular weight excluding hydrogens is 200 g/mol. The topological polar surface area (TPSA) is 63.8 Å². The summed E-state index contributed by atoms with van der Waals surface area (Å²) in [5.74, 6) is 1.51. The van der Waals surface area contributed by atoms with E-state index in [9.17, 15) is 0 Å². The van der Waals surface area contributed by atoms with E-state index >= 15 is 0 Å². The van der Waals surface area contributed by atoms with Crippen LogP contribution in [0.15, 0.2) is 12.1 Å². The van der Waals surface area contributed by atoms with Crippen LogP contribution in [0, 0.1) is 0 Å². The second-order valence-corrected chi connectivity index (χ2v) is 4.59. The summed E-state index contributed by atoms with van der Waals surface area (Å²) in [6, 6.07) is 4.47. The van der Waals surface area contributed by atoms with Gasteiger partial charge in [0, 0.05) is 12.0 Å². The van der Waals surface area contributed by atoms with E-state index in [2.05, 4.69) is 28.5 Å². The van der Waals surface area contributed by atoms with E-state index in [1.807, 2.05) is 6.07 Å². The lowest BCUT2D eigenvalue weighted by Crippen LogP contribution is -2.20.